The second-order valence-electron chi connectivity index (χ2n) is 5.56. The number of sulfonamides is 1. The maximum atomic E-state index is 12.2. The van der Waals surface area contributed by atoms with E-state index in [4.69, 9.17) is 9.47 Å². The first-order valence-electron chi connectivity index (χ1n) is 7.69. The van der Waals surface area contributed by atoms with E-state index in [1.165, 1.54) is 19.1 Å². The predicted octanol–water partition coefficient (Wildman–Crippen LogP) is 1.40. The molecule has 25 heavy (non-hydrogen) atoms. The molecular formula is C17H18N2O5S. The summed E-state index contributed by atoms with van der Waals surface area (Å²) >= 11 is 0. The molecule has 8 heteroatoms. The summed E-state index contributed by atoms with van der Waals surface area (Å²) in [5.74, 6) is 0.876. The lowest BCUT2D eigenvalue weighted by atomic mass is 10.2. The SMILES string of the molecule is C[C@H](NS(=O)(=O)c1ccccc1)C(=O)NCc1ccc2c(c1)OCO2. The predicted molar refractivity (Wildman–Crippen MR) is 90.6 cm³/mol. The molecule has 0 bridgehead atoms. The Morgan fingerprint density at radius 3 is 2.60 bits per heavy atom. The van der Waals surface area contributed by atoms with Crippen LogP contribution in [0, 0.1) is 0 Å². The smallest absolute Gasteiger partial charge is 0.241 e. The zero-order chi connectivity index (χ0) is 17.9. The van der Waals surface area contributed by atoms with Crippen molar-refractivity contribution in [1.82, 2.24) is 10.0 Å². The van der Waals surface area contributed by atoms with E-state index >= 15 is 0 Å². The Hall–Kier alpha value is -2.58. The molecule has 0 saturated heterocycles. The van der Waals surface area contributed by atoms with Crippen LogP contribution in [0.2, 0.25) is 0 Å². The Morgan fingerprint density at radius 1 is 1.12 bits per heavy atom. The number of carbonyl (C=O) groups is 1. The summed E-state index contributed by atoms with van der Waals surface area (Å²) in [5, 5.41) is 2.70. The first-order chi connectivity index (χ1) is 12.0. The first kappa shape index (κ1) is 17.2. The largest absolute Gasteiger partial charge is 0.454 e. The van der Waals surface area contributed by atoms with E-state index in [0.717, 1.165) is 5.56 Å². The zero-order valence-corrected chi connectivity index (χ0v) is 14.4. The third-order valence-corrected chi connectivity index (χ3v) is 5.24. The van der Waals surface area contributed by atoms with Gasteiger partial charge in [0.15, 0.2) is 11.5 Å². The molecule has 2 aromatic rings. The molecule has 2 aromatic carbocycles. The fraction of sp³-hybridized carbons (Fsp3) is 0.235. The van der Waals surface area contributed by atoms with Gasteiger partial charge >= 0.3 is 0 Å². The van der Waals surface area contributed by atoms with Gasteiger partial charge < -0.3 is 14.8 Å². The molecule has 7 nitrogen and oxygen atoms in total. The Bertz CT molecular complexity index is 868. The minimum Gasteiger partial charge on any atom is -0.454 e. The van der Waals surface area contributed by atoms with E-state index in [1.807, 2.05) is 6.07 Å². The van der Waals surface area contributed by atoms with E-state index in [2.05, 4.69) is 10.0 Å². The van der Waals surface area contributed by atoms with Gasteiger partial charge in [-0.05, 0) is 36.8 Å². The summed E-state index contributed by atoms with van der Waals surface area (Å²) < 4.78 is 37.3. The Labute approximate surface area is 146 Å². The minimum absolute atomic E-state index is 0.116. The molecule has 0 fully saturated rings. The lowest BCUT2D eigenvalue weighted by molar-refractivity contribution is -0.122. The van der Waals surface area contributed by atoms with E-state index in [1.54, 1.807) is 30.3 Å². The maximum Gasteiger partial charge on any atom is 0.241 e. The second-order valence-corrected chi connectivity index (χ2v) is 7.28. The van der Waals surface area contributed by atoms with E-state index in [-0.39, 0.29) is 18.2 Å². The second kappa shape index (κ2) is 7.12. The van der Waals surface area contributed by atoms with Gasteiger partial charge in [0, 0.05) is 6.54 Å². The number of fused-ring (bicyclic) bond motifs is 1. The van der Waals surface area contributed by atoms with Crippen LogP contribution in [-0.4, -0.2) is 27.2 Å². The fourth-order valence-corrected chi connectivity index (χ4v) is 3.57. The van der Waals surface area contributed by atoms with Crippen molar-refractivity contribution in [2.24, 2.45) is 0 Å². The molecule has 1 aliphatic rings. The molecule has 1 atom stereocenters. The highest BCUT2D eigenvalue weighted by Gasteiger charge is 2.22. The number of hydrogen-bond acceptors (Lipinski definition) is 5. The average Bonchev–Trinajstić information content (AvgIpc) is 3.07. The summed E-state index contributed by atoms with van der Waals surface area (Å²) in [7, 11) is -3.74. The highest BCUT2D eigenvalue weighted by Crippen LogP contribution is 2.32. The summed E-state index contributed by atoms with van der Waals surface area (Å²) in [6.07, 6.45) is 0. The third-order valence-electron chi connectivity index (χ3n) is 3.68. The lowest BCUT2D eigenvalue weighted by Crippen LogP contribution is -2.44. The highest BCUT2D eigenvalue weighted by atomic mass is 32.2. The van der Waals surface area contributed by atoms with Gasteiger partial charge in [-0.3, -0.25) is 4.79 Å². The van der Waals surface area contributed by atoms with Crippen LogP contribution in [0.15, 0.2) is 53.4 Å². The van der Waals surface area contributed by atoms with E-state index in [9.17, 15) is 13.2 Å². The molecule has 132 valence electrons. The molecule has 0 spiro atoms. The van der Waals surface area contributed by atoms with Crippen LogP contribution in [0.1, 0.15) is 12.5 Å². The number of hydrogen-bond donors (Lipinski definition) is 2. The number of carbonyl (C=O) groups excluding carboxylic acids is 1. The molecule has 1 heterocycles. The first-order valence-corrected chi connectivity index (χ1v) is 9.17. The van der Waals surface area contributed by atoms with Crippen molar-refractivity contribution in [3.63, 3.8) is 0 Å². The average molecular weight is 362 g/mol. The quantitative estimate of drug-likeness (QED) is 0.810. The summed E-state index contributed by atoms with van der Waals surface area (Å²) in [6.45, 7) is 1.94. The molecule has 0 unspecified atom stereocenters. The van der Waals surface area contributed by atoms with Crippen molar-refractivity contribution in [2.45, 2.75) is 24.4 Å². The third kappa shape index (κ3) is 4.09. The monoisotopic (exact) mass is 362 g/mol. The van der Waals surface area contributed by atoms with Crippen molar-refractivity contribution in [3.05, 3.63) is 54.1 Å². The van der Waals surface area contributed by atoms with Crippen LogP contribution >= 0.6 is 0 Å². The van der Waals surface area contributed by atoms with Crippen LogP contribution in [0.5, 0.6) is 11.5 Å². The van der Waals surface area contributed by atoms with E-state index < -0.39 is 22.0 Å². The van der Waals surface area contributed by atoms with Crippen LogP contribution in [0.25, 0.3) is 0 Å². The summed E-state index contributed by atoms with van der Waals surface area (Å²) in [5.41, 5.74) is 0.829. The van der Waals surface area contributed by atoms with Gasteiger partial charge in [-0.25, -0.2) is 8.42 Å². The molecule has 1 amide bonds. The summed E-state index contributed by atoms with van der Waals surface area (Å²) in [4.78, 5) is 12.3. The fourth-order valence-electron chi connectivity index (χ4n) is 2.35. The van der Waals surface area contributed by atoms with Crippen LogP contribution in [0.4, 0.5) is 0 Å². The van der Waals surface area contributed by atoms with Crippen molar-refractivity contribution in [3.8, 4) is 11.5 Å². The van der Waals surface area contributed by atoms with Crippen LogP contribution in [-0.2, 0) is 21.4 Å². The topological polar surface area (TPSA) is 93.7 Å². The standard InChI is InChI=1S/C17H18N2O5S/c1-12(19-25(21,22)14-5-3-2-4-6-14)17(20)18-10-13-7-8-15-16(9-13)24-11-23-15/h2-9,12,19H,10-11H2,1H3,(H,18,20)/t12-/m0/s1. The van der Waals surface area contributed by atoms with Gasteiger partial charge in [0.1, 0.15) is 0 Å². The van der Waals surface area contributed by atoms with Crippen molar-refractivity contribution < 1.29 is 22.7 Å². The zero-order valence-electron chi connectivity index (χ0n) is 13.6. The molecular weight excluding hydrogens is 344 g/mol. The molecule has 3 rings (SSSR count). The molecule has 0 aromatic heterocycles. The molecule has 1 aliphatic heterocycles. The Balaban J connectivity index is 1.58. The van der Waals surface area contributed by atoms with Gasteiger partial charge in [0.05, 0.1) is 10.9 Å². The van der Waals surface area contributed by atoms with E-state index in [0.29, 0.717) is 11.5 Å². The molecule has 0 saturated carbocycles. The Morgan fingerprint density at radius 2 is 1.84 bits per heavy atom. The Kier molecular flexibility index (Phi) is 4.91. The summed E-state index contributed by atoms with van der Waals surface area (Å²) in [6, 6.07) is 12.4. The normalized spacial score (nSPS) is 14.1. The van der Waals surface area contributed by atoms with Crippen LogP contribution in [0.3, 0.4) is 0 Å². The maximum absolute atomic E-state index is 12.2. The van der Waals surface area contributed by atoms with Gasteiger partial charge in [-0.15, -0.1) is 0 Å². The van der Waals surface area contributed by atoms with Crippen molar-refractivity contribution >= 4 is 15.9 Å². The number of amides is 1. The molecule has 0 radical (unpaired) electrons. The van der Waals surface area contributed by atoms with Gasteiger partial charge in [-0.1, -0.05) is 24.3 Å². The lowest BCUT2D eigenvalue weighted by Gasteiger charge is -2.14. The van der Waals surface area contributed by atoms with Crippen molar-refractivity contribution in [2.75, 3.05) is 6.79 Å². The van der Waals surface area contributed by atoms with Gasteiger partial charge in [-0.2, -0.15) is 4.72 Å². The molecule has 0 aliphatic carbocycles. The number of ether oxygens (including phenoxy) is 2. The highest BCUT2D eigenvalue weighted by molar-refractivity contribution is 7.89. The van der Waals surface area contributed by atoms with Crippen molar-refractivity contribution in [1.29, 1.82) is 0 Å². The number of rotatable bonds is 6. The van der Waals surface area contributed by atoms with Gasteiger partial charge in [0.2, 0.25) is 22.7 Å². The van der Waals surface area contributed by atoms with Crippen LogP contribution < -0.4 is 19.5 Å². The molecule has 2 N–H and O–H groups in total. The number of nitrogens with one attached hydrogen (secondary N) is 2. The number of benzene rings is 2. The minimum atomic E-state index is -3.74. The van der Waals surface area contributed by atoms with Gasteiger partial charge in [0.25, 0.3) is 0 Å².